The van der Waals surface area contributed by atoms with Gasteiger partial charge >= 0.3 is 0 Å². The van der Waals surface area contributed by atoms with Crippen LogP contribution >= 0.6 is 0 Å². The van der Waals surface area contributed by atoms with E-state index < -0.39 is 0 Å². The fourth-order valence-corrected chi connectivity index (χ4v) is 4.41. The van der Waals surface area contributed by atoms with Crippen molar-refractivity contribution in [3.63, 3.8) is 0 Å². The van der Waals surface area contributed by atoms with Crippen LogP contribution in [0.3, 0.4) is 0 Å². The molecule has 1 atom stereocenters. The summed E-state index contributed by atoms with van der Waals surface area (Å²) in [6.07, 6.45) is 1.93. The van der Waals surface area contributed by atoms with Gasteiger partial charge in [-0.3, -0.25) is 14.5 Å². The lowest BCUT2D eigenvalue weighted by Gasteiger charge is -2.62. The van der Waals surface area contributed by atoms with Crippen LogP contribution in [-0.4, -0.2) is 58.9 Å². The molecule has 0 aliphatic carbocycles. The van der Waals surface area contributed by atoms with Crippen LogP contribution in [0.4, 0.5) is 0 Å². The Labute approximate surface area is 155 Å². The first-order chi connectivity index (χ1) is 12.3. The molecule has 2 amide bonds. The van der Waals surface area contributed by atoms with Crippen molar-refractivity contribution >= 4 is 11.8 Å². The Kier molecular flexibility index (Phi) is 5.23. The number of likely N-dealkylation sites (tertiary alicyclic amines) is 2. The number of carbonyl (C=O) groups excluding carboxylic acids is 2. The van der Waals surface area contributed by atoms with Crippen molar-refractivity contribution in [3.8, 4) is 5.75 Å². The van der Waals surface area contributed by atoms with Crippen LogP contribution in [0, 0.1) is 5.41 Å². The molecule has 26 heavy (non-hydrogen) atoms. The van der Waals surface area contributed by atoms with E-state index in [0.717, 1.165) is 32.5 Å². The Morgan fingerprint density at radius 3 is 2.38 bits per heavy atom. The van der Waals surface area contributed by atoms with Crippen LogP contribution in [-0.2, 0) is 9.59 Å². The molecule has 3 rings (SSSR count). The van der Waals surface area contributed by atoms with Crippen molar-refractivity contribution in [2.45, 2.75) is 45.7 Å². The van der Waals surface area contributed by atoms with E-state index in [1.165, 1.54) is 12.5 Å². The summed E-state index contributed by atoms with van der Waals surface area (Å²) in [6, 6.07) is 8.34. The summed E-state index contributed by atoms with van der Waals surface area (Å²) in [4.78, 5) is 27.6. The molecule has 2 saturated heterocycles. The highest BCUT2D eigenvalue weighted by atomic mass is 16.3. The summed E-state index contributed by atoms with van der Waals surface area (Å²) >= 11 is 0. The summed E-state index contributed by atoms with van der Waals surface area (Å²) in [5.41, 5.74) is 1.42. The maximum Gasteiger partial charge on any atom is 0.241 e. The van der Waals surface area contributed by atoms with Crippen LogP contribution < -0.4 is 5.32 Å². The molecule has 0 saturated carbocycles. The molecule has 1 spiro atoms. The molecule has 1 aromatic carbocycles. The maximum atomic E-state index is 12.3. The SMILES string of the molecule is CC(=O)NCC(=O)N1CCC2(CC1)CN(C(C)C)C2c1ccc(O)cc1. The van der Waals surface area contributed by atoms with Crippen molar-refractivity contribution in [2.75, 3.05) is 26.2 Å². The van der Waals surface area contributed by atoms with E-state index in [0.29, 0.717) is 12.1 Å². The molecule has 1 unspecified atom stereocenters. The molecule has 1 aromatic rings. The van der Waals surface area contributed by atoms with Gasteiger partial charge in [0.15, 0.2) is 0 Å². The van der Waals surface area contributed by atoms with Crippen molar-refractivity contribution in [3.05, 3.63) is 29.8 Å². The minimum Gasteiger partial charge on any atom is -0.508 e. The molecule has 0 bridgehead atoms. The molecule has 6 heteroatoms. The van der Waals surface area contributed by atoms with Gasteiger partial charge in [0.25, 0.3) is 0 Å². The van der Waals surface area contributed by atoms with Crippen molar-refractivity contribution in [2.24, 2.45) is 5.41 Å². The highest BCUT2D eigenvalue weighted by Crippen LogP contribution is 2.55. The minimum atomic E-state index is -0.175. The number of hydrogen-bond donors (Lipinski definition) is 2. The number of nitrogens with one attached hydrogen (secondary N) is 1. The van der Waals surface area contributed by atoms with Gasteiger partial charge in [-0.05, 0) is 44.4 Å². The van der Waals surface area contributed by atoms with E-state index in [-0.39, 0.29) is 29.5 Å². The number of amides is 2. The van der Waals surface area contributed by atoms with Gasteiger partial charge in [0.1, 0.15) is 5.75 Å². The molecule has 6 nitrogen and oxygen atoms in total. The number of rotatable bonds is 4. The van der Waals surface area contributed by atoms with Crippen LogP contribution in [0.25, 0.3) is 0 Å². The lowest BCUT2D eigenvalue weighted by atomic mass is 9.62. The van der Waals surface area contributed by atoms with Gasteiger partial charge in [-0.1, -0.05) is 12.1 Å². The zero-order valence-corrected chi connectivity index (χ0v) is 15.9. The minimum absolute atomic E-state index is 0.00345. The van der Waals surface area contributed by atoms with E-state index in [1.54, 1.807) is 12.1 Å². The summed E-state index contributed by atoms with van der Waals surface area (Å²) in [5.74, 6) is 0.110. The Morgan fingerprint density at radius 1 is 1.23 bits per heavy atom. The quantitative estimate of drug-likeness (QED) is 0.861. The number of aromatic hydroxyl groups is 1. The van der Waals surface area contributed by atoms with E-state index in [4.69, 9.17) is 0 Å². The normalized spacial score (nSPS) is 22.3. The van der Waals surface area contributed by atoms with Gasteiger partial charge < -0.3 is 15.3 Å². The average Bonchev–Trinajstić information content (AvgIpc) is 2.59. The van der Waals surface area contributed by atoms with Crippen molar-refractivity contribution in [1.29, 1.82) is 0 Å². The molecule has 0 radical (unpaired) electrons. The van der Waals surface area contributed by atoms with Crippen LogP contribution in [0.5, 0.6) is 5.75 Å². The topological polar surface area (TPSA) is 72.9 Å². The van der Waals surface area contributed by atoms with Crippen molar-refractivity contribution in [1.82, 2.24) is 15.1 Å². The lowest BCUT2D eigenvalue weighted by molar-refractivity contribution is -0.147. The largest absolute Gasteiger partial charge is 0.508 e. The fraction of sp³-hybridized carbons (Fsp3) is 0.600. The Balaban J connectivity index is 1.69. The van der Waals surface area contributed by atoms with Crippen LogP contribution in [0.1, 0.15) is 45.2 Å². The third-order valence-electron chi connectivity index (χ3n) is 5.88. The maximum absolute atomic E-state index is 12.3. The smallest absolute Gasteiger partial charge is 0.241 e. The summed E-state index contributed by atoms with van der Waals surface area (Å²) < 4.78 is 0. The Bertz CT molecular complexity index is 663. The molecule has 2 aliphatic heterocycles. The first-order valence-electron chi connectivity index (χ1n) is 9.39. The number of piperidine rings is 1. The van der Waals surface area contributed by atoms with Gasteiger partial charge in [0, 0.05) is 44.1 Å². The van der Waals surface area contributed by atoms with Crippen LogP contribution in [0.2, 0.25) is 0 Å². The zero-order valence-electron chi connectivity index (χ0n) is 15.9. The molecule has 2 N–H and O–H groups in total. The second-order valence-electron chi connectivity index (χ2n) is 7.91. The first kappa shape index (κ1) is 18.7. The van der Waals surface area contributed by atoms with E-state index in [9.17, 15) is 14.7 Å². The number of benzene rings is 1. The summed E-state index contributed by atoms with van der Waals surface area (Å²) in [7, 11) is 0. The Hall–Kier alpha value is -2.08. The predicted octanol–water partition coefficient (Wildman–Crippen LogP) is 1.90. The standard InChI is InChI=1S/C20H29N3O3/c1-14(2)23-13-20(19(23)16-4-6-17(25)7-5-16)8-10-22(11-9-20)18(26)12-21-15(3)24/h4-7,14,19,25H,8-13H2,1-3H3,(H,21,24). The summed E-state index contributed by atoms with van der Waals surface area (Å²) in [5, 5.41) is 12.2. The van der Waals surface area contributed by atoms with Gasteiger partial charge in [-0.15, -0.1) is 0 Å². The molecule has 2 fully saturated rings. The van der Waals surface area contributed by atoms with E-state index >= 15 is 0 Å². The predicted molar refractivity (Wildman–Crippen MR) is 99.6 cm³/mol. The molecule has 0 aromatic heterocycles. The molecular weight excluding hydrogens is 330 g/mol. The lowest BCUT2D eigenvalue weighted by Crippen LogP contribution is -2.64. The highest BCUT2D eigenvalue weighted by Gasteiger charge is 2.54. The molecule has 2 aliphatic rings. The first-order valence-corrected chi connectivity index (χ1v) is 9.39. The van der Waals surface area contributed by atoms with Gasteiger partial charge in [0.2, 0.25) is 11.8 Å². The highest BCUT2D eigenvalue weighted by molar-refractivity contribution is 5.83. The fourth-order valence-electron chi connectivity index (χ4n) is 4.41. The molecular formula is C20H29N3O3. The Morgan fingerprint density at radius 2 is 1.85 bits per heavy atom. The number of phenols is 1. The second kappa shape index (κ2) is 7.27. The number of hydrogen-bond acceptors (Lipinski definition) is 4. The van der Waals surface area contributed by atoms with Crippen LogP contribution in [0.15, 0.2) is 24.3 Å². The third kappa shape index (κ3) is 3.56. The zero-order chi connectivity index (χ0) is 18.9. The molecule has 142 valence electrons. The average molecular weight is 359 g/mol. The van der Waals surface area contributed by atoms with Gasteiger partial charge in [0.05, 0.1) is 6.54 Å². The van der Waals surface area contributed by atoms with Gasteiger partial charge in [-0.2, -0.15) is 0 Å². The van der Waals surface area contributed by atoms with Gasteiger partial charge in [-0.25, -0.2) is 0 Å². The van der Waals surface area contributed by atoms with Crippen molar-refractivity contribution < 1.29 is 14.7 Å². The monoisotopic (exact) mass is 359 g/mol. The third-order valence-corrected chi connectivity index (χ3v) is 5.88. The second-order valence-corrected chi connectivity index (χ2v) is 7.91. The number of phenolic OH excluding ortho intramolecular Hbond substituents is 1. The van der Waals surface area contributed by atoms with E-state index in [1.807, 2.05) is 17.0 Å². The summed E-state index contributed by atoms with van der Waals surface area (Å²) in [6.45, 7) is 8.46. The van der Waals surface area contributed by atoms with E-state index in [2.05, 4.69) is 24.1 Å². The molecule has 2 heterocycles. The number of nitrogens with zero attached hydrogens (tertiary/aromatic N) is 2. The number of carbonyl (C=O) groups is 2.